The minimum atomic E-state index is 0.388. The van der Waals surface area contributed by atoms with Gasteiger partial charge in [-0.3, -0.25) is 0 Å². The Morgan fingerprint density at radius 2 is 2.12 bits per heavy atom. The van der Waals surface area contributed by atoms with Gasteiger partial charge in [-0.25, -0.2) is 0 Å². The molecule has 0 aromatic carbocycles. The van der Waals surface area contributed by atoms with Crippen molar-refractivity contribution in [3.8, 4) is 0 Å². The van der Waals surface area contributed by atoms with Gasteiger partial charge in [-0.2, -0.15) is 0 Å². The van der Waals surface area contributed by atoms with Crippen molar-refractivity contribution in [3.63, 3.8) is 0 Å². The second-order valence-corrected chi connectivity index (χ2v) is 3.27. The second kappa shape index (κ2) is 5.90. The third-order valence-corrected chi connectivity index (χ3v) is 1.92. The average molecular weight is 200 g/mol. The molecule has 8 heavy (non-hydrogen) atoms. The fourth-order valence-corrected chi connectivity index (χ4v) is 1.72. The molecule has 0 amide bonds. The van der Waals surface area contributed by atoms with Gasteiger partial charge in [-0.05, 0) is 12.8 Å². The average Bonchev–Trinajstić information content (AvgIpc) is 1.68. The van der Waals surface area contributed by atoms with E-state index < -0.39 is 0 Å². The zero-order valence-corrected chi connectivity index (χ0v) is 7.50. The highest BCUT2D eigenvalue weighted by Gasteiger charge is 1.99. The van der Waals surface area contributed by atoms with Crippen LogP contribution in [0.25, 0.3) is 0 Å². The van der Waals surface area contributed by atoms with Crippen LogP contribution in [0, 0.1) is 0 Å². The van der Waals surface area contributed by atoms with Crippen LogP contribution in [0.2, 0.25) is 0 Å². The first-order chi connectivity index (χ1) is 3.81. The van der Waals surface area contributed by atoms with E-state index in [1.165, 1.54) is 6.42 Å². The third-order valence-electron chi connectivity index (χ3n) is 1.02. The maximum atomic E-state index is 5.85. The SMILES string of the molecule is CCCC(Cl)CCBr. The van der Waals surface area contributed by atoms with Crippen LogP contribution >= 0.6 is 27.5 Å². The van der Waals surface area contributed by atoms with Crippen molar-refractivity contribution in [2.24, 2.45) is 0 Å². The molecule has 0 N–H and O–H groups in total. The molecule has 0 saturated heterocycles. The lowest BCUT2D eigenvalue weighted by molar-refractivity contribution is 0.717. The molecule has 1 unspecified atom stereocenters. The Labute approximate surface area is 64.7 Å². The largest absolute Gasteiger partial charge is 0.123 e. The second-order valence-electron chi connectivity index (χ2n) is 1.86. The molecule has 0 rings (SSSR count). The molecule has 0 spiro atoms. The summed E-state index contributed by atoms with van der Waals surface area (Å²) in [4.78, 5) is 0. The minimum Gasteiger partial charge on any atom is -0.123 e. The quantitative estimate of drug-likeness (QED) is 0.610. The van der Waals surface area contributed by atoms with E-state index in [4.69, 9.17) is 11.6 Å². The van der Waals surface area contributed by atoms with Crippen LogP contribution in [0.1, 0.15) is 26.2 Å². The molecule has 0 heterocycles. The fraction of sp³-hybridized carbons (Fsp3) is 1.00. The maximum Gasteiger partial charge on any atom is 0.0343 e. The van der Waals surface area contributed by atoms with Crippen LogP contribution in [0.4, 0.5) is 0 Å². The Kier molecular flexibility index (Phi) is 6.47. The monoisotopic (exact) mass is 198 g/mol. The van der Waals surface area contributed by atoms with E-state index in [9.17, 15) is 0 Å². The number of alkyl halides is 2. The van der Waals surface area contributed by atoms with E-state index in [0.717, 1.165) is 18.2 Å². The molecule has 0 aliphatic carbocycles. The first-order valence-corrected chi connectivity index (χ1v) is 4.57. The molecular formula is C6H12BrCl. The summed E-state index contributed by atoms with van der Waals surface area (Å²) in [6.07, 6.45) is 3.43. The van der Waals surface area contributed by atoms with Crippen LogP contribution in [-0.4, -0.2) is 10.7 Å². The smallest absolute Gasteiger partial charge is 0.0343 e. The molecule has 0 aliphatic rings. The highest BCUT2D eigenvalue weighted by molar-refractivity contribution is 9.09. The molecule has 2 heteroatoms. The van der Waals surface area contributed by atoms with E-state index >= 15 is 0 Å². The van der Waals surface area contributed by atoms with Crippen LogP contribution in [0.3, 0.4) is 0 Å². The van der Waals surface area contributed by atoms with Gasteiger partial charge >= 0.3 is 0 Å². The topological polar surface area (TPSA) is 0 Å². The van der Waals surface area contributed by atoms with Gasteiger partial charge in [0.25, 0.3) is 0 Å². The number of hydrogen-bond donors (Lipinski definition) is 0. The number of rotatable bonds is 4. The predicted octanol–water partition coefficient (Wildman–Crippen LogP) is 3.18. The standard InChI is InChI=1S/C6H12BrCl/c1-2-3-6(8)4-5-7/h6H,2-5H2,1H3. The van der Waals surface area contributed by atoms with E-state index in [2.05, 4.69) is 22.9 Å². The van der Waals surface area contributed by atoms with Gasteiger partial charge in [-0.1, -0.05) is 29.3 Å². The van der Waals surface area contributed by atoms with Gasteiger partial charge < -0.3 is 0 Å². The zero-order chi connectivity index (χ0) is 6.41. The van der Waals surface area contributed by atoms with Gasteiger partial charge in [0, 0.05) is 10.7 Å². The van der Waals surface area contributed by atoms with Gasteiger partial charge in [0.2, 0.25) is 0 Å². The van der Waals surface area contributed by atoms with Crippen LogP contribution in [-0.2, 0) is 0 Å². The Balaban J connectivity index is 2.92. The first kappa shape index (κ1) is 8.77. The molecule has 0 aromatic heterocycles. The van der Waals surface area contributed by atoms with E-state index in [1.54, 1.807) is 0 Å². The van der Waals surface area contributed by atoms with Crippen molar-refractivity contribution in [2.75, 3.05) is 5.33 Å². The molecular weight excluding hydrogens is 187 g/mol. The molecule has 50 valence electrons. The summed E-state index contributed by atoms with van der Waals surface area (Å²) in [6, 6.07) is 0. The Morgan fingerprint density at radius 1 is 1.50 bits per heavy atom. The Bertz CT molecular complexity index is 41.8. The summed E-state index contributed by atoms with van der Waals surface area (Å²) < 4.78 is 0. The van der Waals surface area contributed by atoms with Crippen LogP contribution in [0.15, 0.2) is 0 Å². The van der Waals surface area contributed by atoms with Gasteiger partial charge in [0.15, 0.2) is 0 Å². The lowest BCUT2D eigenvalue weighted by Crippen LogP contribution is -1.96. The highest BCUT2D eigenvalue weighted by Crippen LogP contribution is 2.10. The van der Waals surface area contributed by atoms with Gasteiger partial charge in [-0.15, -0.1) is 11.6 Å². The van der Waals surface area contributed by atoms with Crippen LogP contribution < -0.4 is 0 Å². The summed E-state index contributed by atoms with van der Waals surface area (Å²) in [5.74, 6) is 0. The third kappa shape index (κ3) is 4.92. The first-order valence-electron chi connectivity index (χ1n) is 3.01. The van der Waals surface area contributed by atoms with Crippen molar-refractivity contribution in [2.45, 2.75) is 31.6 Å². The number of halogens is 2. The molecule has 0 nitrogen and oxygen atoms in total. The van der Waals surface area contributed by atoms with Crippen LogP contribution in [0.5, 0.6) is 0 Å². The summed E-state index contributed by atoms with van der Waals surface area (Å²) in [6.45, 7) is 2.16. The lowest BCUT2D eigenvalue weighted by Gasteiger charge is -2.02. The highest BCUT2D eigenvalue weighted by atomic mass is 79.9. The normalized spacial score (nSPS) is 13.9. The molecule has 0 saturated carbocycles. The van der Waals surface area contributed by atoms with Gasteiger partial charge in [0.05, 0.1) is 0 Å². The maximum absolute atomic E-state index is 5.85. The molecule has 0 radical (unpaired) electrons. The van der Waals surface area contributed by atoms with Crippen molar-refractivity contribution >= 4 is 27.5 Å². The summed E-state index contributed by atoms with van der Waals surface area (Å²) in [7, 11) is 0. The van der Waals surface area contributed by atoms with E-state index in [0.29, 0.717) is 5.38 Å². The zero-order valence-electron chi connectivity index (χ0n) is 5.16. The van der Waals surface area contributed by atoms with Crippen molar-refractivity contribution < 1.29 is 0 Å². The molecule has 0 bridgehead atoms. The Morgan fingerprint density at radius 3 is 2.50 bits per heavy atom. The van der Waals surface area contributed by atoms with Crippen molar-refractivity contribution in [1.82, 2.24) is 0 Å². The van der Waals surface area contributed by atoms with E-state index in [-0.39, 0.29) is 0 Å². The molecule has 1 atom stereocenters. The van der Waals surface area contributed by atoms with Crippen molar-refractivity contribution in [3.05, 3.63) is 0 Å². The number of hydrogen-bond acceptors (Lipinski definition) is 0. The summed E-state index contributed by atoms with van der Waals surface area (Å²) >= 11 is 9.19. The predicted molar refractivity (Wildman–Crippen MR) is 43.0 cm³/mol. The summed E-state index contributed by atoms with van der Waals surface area (Å²) in [5, 5.41) is 1.42. The Hall–Kier alpha value is 0.770. The van der Waals surface area contributed by atoms with E-state index in [1.807, 2.05) is 0 Å². The summed E-state index contributed by atoms with van der Waals surface area (Å²) in [5.41, 5.74) is 0. The van der Waals surface area contributed by atoms with Crippen molar-refractivity contribution in [1.29, 1.82) is 0 Å². The lowest BCUT2D eigenvalue weighted by atomic mass is 10.2. The molecule has 0 fully saturated rings. The fourth-order valence-electron chi connectivity index (χ4n) is 0.576. The van der Waals surface area contributed by atoms with Gasteiger partial charge in [0.1, 0.15) is 0 Å². The molecule has 0 aliphatic heterocycles. The minimum absolute atomic E-state index is 0.388. The molecule has 0 aromatic rings.